The number of hydrogen-bond donors (Lipinski definition) is 2. The van der Waals surface area contributed by atoms with Crippen LogP contribution in [-0.2, 0) is 38.0 Å². The van der Waals surface area contributed by atoms with Crippen molar-refractivity contribution in [2.45, 2.75) is 32.4 Å². The number of nitrogens with zero attached hydrogens (tertiary/aromatic N) is 4. The maximum atomic E-state index is 13.0. The van der Waals surface area contributed by atoms with Gasteiger partial charge >= 0.3 is 12.1 Å². The summed E-state index contributed by atoms with van der Waals surface area (Å²) in [6.45, 7) is 3.68. The number of fused-ring (bicyclic) bond motifs is 1. The molecule has 4 rings (SSSR count). The van der Waals surface area contributed by atoms with E-state index in [4.69, 9.17) is 9.90 Å². The fourth-order valence-electron chi connectivity index (χ4n) is 3.46. The van der Waals surface area contributed by atoms with Crippen LogP contribution < -0.4 is 5.32 Å². The van der Waals surface area contributed by atoms with Crippen LogP contribution in [-0.4, -0.2) is 48.7 Å². The van der Waals surface area contributed by atoms with Crippen LogP contribution in [0.1, 0.15) is 27.6 Å². The molecule has 0 aliphatic carbocycles. The lowest BCUT2D eigenvalue weighted by Gasteiger charge is -2.28. The normalized spacial score (nSPS) is 13.6. The zero-order valence-electron chi connectivity index (χ0n) is 18.2. The average Bonchev–Trinajstić information content (AvgIpc) is 3.39. The second-order valence-electron chi connectivity index (χ2n) is 7.64. The van der Waals surface area contributed by atoms with Crippen molar-refractivity contribution in [1.29, 1.82) is 0 Å². The second-order valence-corrected chi connectivity index (χ2v) is 7.64. The van der Waals surface area contributed by atoms with E-state index in [1.165, 1.54) is 12.1 Å². The second kappa shape index (κ2) is 10.5. The molecule has 0 fully saturated rings. The fourth-order valence-corrected chi connectivity index (χ4v) is 3.46. The van der Waals surface area contributed by atoms with Crippen LogP contribution in [0.2, 0.25) is 0 Å². The molecule has 0 unspecified atom stereocenters. The molecule has 1 aliphatic heterocycles. The Kier molecular flexibility index (Phi) is 7.72. The van der Waals surface area contributed by atoms with Crippen molar-refractivity contribution >= 4 is 11.9 Å². The summed E-state index contributed by atoms with van der Waals surface area (Å²) in [5, 5.41) is 10.1. The third-order valence-corrected chi connectivity index (χ3v) is 5.19. The number of amides is 1. The van der Waals surface area contributed by atoms with Gasteiger partial charge in [-0.3, -0.25) is 9.69 Å². The van der Waals surface area contributed by atoms with Gasteiger partial charge in [0.1, 0.15) is 17.3 Å². The van der Waals surface area contributed by atoms with Crippen LogP contribution >= 0.6 is 0 Å². The summed E-state index contributed by atoms with van der Waals surface area (Å²) < 4.78 is 48.8. The van der Waals surface area contributed by atoms with E-state index in [-0.39, 0.29) is 11.7 Å². The van der Waals surface area contributed by atoms with Crippen molar-refractivity contribution in [3.05, 3.63) is 77.4 Å². The van der Waals surface area contributed by atoms with Gasteiger partial charge in [0.2, 0.25) is 0 Å². The maximum absolute atomic E-state index is 13.0. The number of aliphatic carboxylic acids is 1. The zero-order valence-corrected chi connectivity index (χ0v) is 18.2. The zero-order chi connectivity index (χ0) is 24.9. The Hall–Kier alpha value is -3.67. The molecule has 12 heteroatoms. The Balaban J connectivity index is 0.000000406. The van der Waals surface area contributed by atoms with E-state index in [9.17, 15) is 22.4 Å². The molecule has 1 aliphatic rings. The summed E-state index contributed by atoms with van der Waals surface area (Å²) in [6.07, 6.45) is -1.40. The van der Waals surface area contributed by atoms with Crippen molar-refractivity contribution in [3.8, 4) is 0 Å². The minimum Gasteiger partial charge on any atom is -0.475 e. The first-order valence-electron chi connectivity index (χ1n) is 10.2. The number of hydrogen-bond acceptors (Lipinski definition) is 4. The molecule has 8 nitrogen and oxygen atoms in total. The van der Waals surface area contributed by atoms with E-state index in [1.54, 1.807) is 10.6 Å². The number of alkyl halides is 3. The maximum Gasteiger partial charge on any atom is 0.490 e. The Morgan fingerprint density at radius 1 is 1.15 bits per heavy atom. The molecule has 0 bridgehead atoms. The van der Waals surface area contributed by atoms with E-state index in [0.29, 0.717) is 12.2 Å². The van der Waals surface area contributed by atoms with Crippen LogP contribution in [0.5, 0.6) is 0 Å². The number of benzene rings is 1. The first-order chi connectivity index (χ1) is 16.0. The van der Waals surface area contributed by atoms with E-state index < -0.39 is 12.1 Å². The van der Waals surface area contributed by atoms with Crippen LogP contribution in [0, 0.1) is 5.82 Å². The Morgan fingerprint density at radius 2 is 1.82 bits per heavy atom. The molecule has 0 atom stereocenters. The van der Waals surface area contributed by atoms with Crippen LogP contribution in [0.3, 0.4) is 0 Å². The molecular formula is C22H23F4N5O3. The van der Waals surface area contributed by atoms with Crippen molar-refractivity contribution in [2.24, 2.45) is 7.05 Å². The fraction of sp³-hybridized carbons (Fsp3) is 0.318. The molecule has 2 N–H and O–H groups in total. The third-order valence-electron chi connectivity index (χ3n) is 5.19. The molecule has 0 saturated carbocycles. The highest BCUT2D eigenvalue weighted by Gasteiger charge is 2.38. The summed E-state index contributed by atoms with van der Waals surface area (Å²) in [7, 11) is 1.85. The lowest BCUT2D eigenvalue weighted by Crippen LogP contribution is -2.35. The number of halogens is 4. The van der Waals surface area contributed by atoms with E-state index in [2.05, 4.69) is 19.8 Å². The van der Waals surface area contributed by atoms with Gasteiger partial charge in [-0.1, -0.05) is 12.1 Å². The van der Waals surface area contributed by atoms with Gasteiger partial charge in [-0.2, -0.15) is 13.2 Å². The molecule has 3 aromatic rings. The van der Waals surface area contributed by atoms with Gasteiger partial charge < -0.3 is 19.6 Å². The number of carbonyl (C=O) groups excluding carboxylic acids is 1. The number of aryl methyl sites for hydroxylation is 1. The smallest absolute Gasteiger partial charge is 0.475 e. The average molecular weight is 481 g/mol. The highest BCUT2D eigenvalue weighted by atomic mass is 19.4. The lowest BCUT2D eigenvalue weighted by atomic mass is 10.2. The van der Waals surface area contributed by atoms with Crippen LogP contribution in [0.4, 0.5) is 17.6 Å². The highest BCUT2D eigenvalue weighted by Crippen LogP contribution is 2.17. The summed E-state index contributed by atoms with van der Waals surface area (Å²) in [5.41, 5.74) is 2.74. The molecular weight excluding hydrogens is 458 g/mol. The van der Waals surface area contributed by atoms with E-state index >= 15 is 0 Å². The SMILES string of the molecule is Cn1cccc1C(=O)NCc1cnc2n1CCN(Cc1ccc(F)cc1)C2.O=C(O)C(F)(F)F. The van der Waals surface area contributed by atoms with Crippen LogP contribution in [0.25, 0.3) is 0 Å². The number of imidazole rings is 1. The van der Waals surface area contributed by atoms with Gasteiger partial charge in [0.05, 0.1) is 25.0 Å². The number of aromatic nitrogens is 3. The molecule has 0 saturated heterocycles. The van der Waals surface area contributed by atoms with Gasteiger partial charge in [-0.15, -0.1) is 0 Å². The van der Waals surface area contributed by atoms with Gasteiger partial charge in [0.25, 0.3) is 5.91 Å². The molecule has 2 aromatic heterocycles. The van der Waals surface area contributed by atoms with Crippen LogP contribution in [0.15, 0.2) is 48.8 Å². The summed E-state index contributed by atoms with van der Waals surface area (Å²) in [4.78, 5) is 28.0. The van der Waals surface area contributed by atoms with Crippen molar-refractivity contribution < 1.29 is 32.3 Å². The van der Waals surface area contributed by atoms with E-state index in [0.717, 1.165) is 43.3 Å². The van der Waals surface area contributed by atoms with Crippen molar-refractivity contribution in [1.82, 2.24) is 24.3 Å². The number of carboxylic acids is 1. The largest absolute Gasteiger partial charge is 0.490 e. The minimum absolute atomic E-state index is 0.0909. The Morgan fingerprint density at radius 3 is 2.41 bits per heavy atom. The van der Waals surface area contributed by atoms with Gasteiger partial charge in [0, 0.05) is 32.9 Å². The standard InChI is InChI=1S/C20H22FN5O.C2HF3O2/c1-24-8-2-3-18(24)20(27)23-12-17-11-22-19-14-25(9-10-26(17)19)13-15-4-6-16(21)7-5-15;3-2(4,5)1(6)7/h2-8,11H,9-10,12-14H2,1H3,(H,23,27);(H,6,7). The topological polar surface area (TPSA) is 92.4 Å². The number of nitrogens with one attached hydrogen (secondary N) is 1. The van der Waals surface area contributed by atoms with Gasteiger partial charge in [-0.25, -0.2) is 14.2 Å². The quantitative estimate of drug-likeness (QED) is 0.547. The third kappa shape index (κ3) is 6.44. The molecule has 182 valence electrons. The monoisotopic (exact) mass is 481 g/mol. The van der Waals surface area contributed by atoms with Crippen molar-refractivity contribution in [3.63, 3.8) is 0 Å². The van der Waals surface area contributed by atoms with E-state index in [1.807, 2.05) is 37.6 Å². The highest BCUT2D eigenvalue weighted by molar-refractivity contribution is 5.92. The van der Waals surface area contributed by atoms with Gasteiger partial charge in [0.15, 0.2) is 0 Å². The first kappa shape index (κ1) is 25.0. The Bertz CT molecular complexity index is 1140. The molecule has 1 amide bonds. The summed E-state index contributed by atoms with van der Waals surface area (Å²) in [5.74, 6) is -2.07. The number of rotatable bonds is 5. The molecule has 34 heavy (non-hydrogen) atoms. The minimum atomic E-state index is -5.08. The number of carbonyl (C=O) groups is 2. The molecule has 3 heterocycles. The Labute approximate surface area is 192 Å². The summed E-state index contributed by atoms with van der Waals surface area (Å²) >= 11 is 0. The molecule has 0 spiro atoms. The lowest BCUT2D eigenvalue weighted by molar-refractivity contribution is -0.192. The number of carboxylic acid groups (broad SMARTS) is 1. The first-order valence-corrected chi connectivity index (χ1v) is 10.2. The summed E-state index contributed by atoms with van der Waals surface area (Å²) in [6, 6.07) is 10.3. The predicted octanol–water partition coefficient (Wildman–Crippen LogP) is 2.94. The van der Waals surface area contributed by atoms with Crippen molar-refractivity contribution in [2.75, 3.05) is 6.54 Å². The van der Waals surface area contributed by atoms with Gasteiger partial charge in [-0.05, 0) is 29.8 Å². The molecule has 0 radical (unpaired) electrons. The molecule has 1 aromatic carbocycles. The predicted molar refractivity (Wildman–Crippen MR) is 113 cm³/mol.